The Kier molecular flexibility index (Phi) is 2.39. The molecule has 80 valence electrons. The predicted octanol–water partition coefficient (Wildman–Crippen LogP) is 1.94. The van der Waals surface area contributed by atoms with Gasteiger partial charge in [-0.2, -0.15) is 0 Å². The van der Waals surface area contributed by atoms with Crippen LogP contribution in [0.25, 0.3) is 0 Å². The van der Waals surface area contributed by atoms with Gasteiger partial charge >= 0.3 is 5.97 Å². The van der Waals surface area contributed by atoms with Crippen LogP contribution in [0.4, 0.5) is 0 Å². The van der Waals surface area contributed by atoms with Gasteiger partial charge < -0.3 is 9.84 Å². The Morgan fingerprint density at radius 1 is 1.47 bits per heavy atom. The van der Waals surface area contributed by atoms with Crippen LogP contribution in [-0.4, -0.2) is 17.7 Å². The average molecular weight is 206 g/mol. The third-order valence-corrected chi connectivity index (χ3v) is 2.74. The van der Waals surface area contributed by atoms with Gasteiger partial charge in [-0.1, -0.05) is 17.7 Å². The number of rotatable bonds is 1. The van der Waals surface area contributed by atoms with Crippen LogP contribution in [-0.2, 0) is 11.2 Å². The second-order valence-corrected chi connectivity index (χ2v) is 4.12. The van der Waals surface area contributed by atoms with E-state index in [9.17, 15) is 4.79 Å². The topological polar surface area (TPSA) is 46.5 Å². The molecule has 1 N–H and O–H groups in total. The van der Waals surface area contributed by atoms with E-state index < -0.39 is 11.9 Å². The second kappa shape index (κ2) is 3.57. The van der Waals surface area contributed by atoms with Gasteiger partial charge in [0.15, 0.2) is 0 Å². The number of hydrogen-bond donors (Lipinski definition) is 1. The summed E-state index contributed by atoms with van der Waals surface area (Å²) in [6.07, 6.45) is 0.577. The number of benzene rings is 1. The van der Waals surface area contributed by atoms with Gasteiger partial charge in [0.2, 0.25) is 0 Å². The van der Waals surface area contributed by atoms with Gasteiger partial charge in [0.25, 0.3) is 0 Å². The Balaban J connectivity index is 2.37. The van der Waals surface area contributed by atoms with Crippen molar-refractivity contribution in [1.82, 2.24) is 0 Å². The van der Waals surface area contributed by atoms with Crippen molar-refractivity contribution in [2.24, 2.45) is 5.92 Å². The molecule has 3 nitrogen and oxygen atoms in total. The number of fused-ring (bicyclic) bond motifs is 1. The molecule has 2 rings (SSSR count). The van der Waals surface area contributed by atoms with Crippen LogP contribution in [0.5, 0.6) is 5.75 Å². The highest BCUT2D eigenvalue weighted by Crippen LogP contribution is 2.31. The highest BCUT2D eigenvalue weighted by atomic mass is 16.5. The number of ether oxygens (including phenoxy) is 1. The molecule has 0 aromatic heterocycles. The molecule has 0 fully saturated rings. The van der Waals surface area contributed by atoms with Crippen LogP contribution in [0.3, 0.4) is 0 Å². The molecule has 0 amide bonds. The third-order valence-electron chi connectivity index (χ3n) is 2.74. The molecule has 0 bridgehead atoms. The van der Waals surface area contributed by atoms with E-state index in [0.717, 1.165) is 22.4 Å². The molecule has 0 saturated carbocycles. The molecule has 15 heavy (non-hydrogen) atoms. The number of carbonyl (C=O) groups is 1. The van der Waals surface area contributed by atoms with E-state index in [0.29, 0.717) is 6.42 Å². The molecule has 1 atom stereocenters. The van der Waals surface area contributed by atoms with Gasteiger partial charge in [-0.3, -0.25) is 4.79 Å². The van der Waals surface area contributed by atoms with Crippen LogP contribution in [0.15, 0.2) is 12.1 Å². The number of aryl methyl sites for hydroxylation is 2. The minimum absolute atomic E-state index is 0.284. The Morgan fingerprint density at radius 2 is 2.20 bits per heavy atom. The van der Waals surface area contributed by atoms with Gasteiger partial charge in [-0.25, -0.2) is 0 Å². The number of carboxylic acids is 1. The minimum Gasteiger partial charge on any atom is -0.492 e. The van der Waals surface area contributed by atoms with E-state index in [4.69, 9.17) is 9.84 Å². The van der Waals surface area contributed by atoms with Gasteiger partial charge in [0.05, 0.1) is 5.92 Å². The first-order valence-corrected chi connectivity index (χ1v) is 5.03. The first-order chi connectivity index (χ1) is 7.08. The molecular weight excluding hydrogens is 192 g/mol. The lowest BCUT2D eigenvalue weighted by Crippen LogP contribution is -2.28. The zero-order valence-corrected chi connectivity index (χ0v) is 8.91. The number of aliphatic carboxylic acids is 1. The molecule has 3 heteroatoms. The highest BCUT2D eigenvalue weighted by Gasteiger charge is 2.26. The summed E-state index contributed by atoms with van der Waals surface area (Å²) in [4.78, 5) is 10.9. The first-order valence-electron chi connectivity index (χ1n) is 5.03. The Hall–Kier alpha value is -1.51. The molecule has 1 aliphatic heterocycles. The lowest BCUT2D eigenvalue weighted by Gasteiger charge is -2.24. The first kappa shape index (κ1) is 10.0. The minimum atomic E-state index is -0.778. The third kappa shape index (κ3) is 1.82. The van der Waals surface area contributed by atoms with Crippen molar-refractivity contribution in [2.75, 3.05) is 6.61 Å². The fraction of sp³-hybridized carbons (Fsp3) is 0.417. The van der Waals surface area contributed by atoms with Crippen molar-refractivity contribution < 1.29 is 14.6 Å². The van der Waals surface area contributed by atoms with Crippen LogP contribution in [0, 0.1) is 19.8 Å². The standard InChI is InChI=1S/C12H14O3/c1-7-3-8(2)11-9(4-7)5-10(6-15-11)12(13)14/h3-4,10H,5-6H2,1-2H3,(H,13,14). The number of hydrogen-bond acceptors (Lipinski definition) is 2. The van der Waals surface area contributed by atoms with Crippen molar-refractivity contribution in [3.8, 4) is 5.75 Å². The fourth-order valence-electron chi connectivity index (χ4n) is 2.07. The van der Waals surface area contributed by atoms with E-state index in [1.807, 2.05) is 19.9 Å². The van der Waals surface area contributed by atoms with Crippen LogP contribution < -0.4 is 4.74 Å². The van der Waals surface area contributed by atoms with Crippen molar-refractivity contribution in [3.05, 3.63) is 28.8 Å². The van der Waals surface area contributed by atoms with Gasteiger partial charge in [-0.15, -0.1) is 0 Å². The Morgan fingerprint density at radius 3 is 2.87 bits per heavy atom. The van der Waals surface area contributed by atoms with Gasteiger partial charge in [-0.05, 0) is 31.4 Å². The maximum Gasteiger partial charge on any atom is 0.310 e. The van der Waals surface area contributed by atoms with Gasteiger partial charge in [0.1, 0.15) is 12.4 Å². The van der Waals surface area contributed by atoms with Crippen molar-refractivity contribution in [1.29, 1.82) is 0 Å². The summed E-state index contributed by atoms with van der Waals surface area (Å²) in [7, 11) is 0. The second-order valence-electron chi connectivity index (χ2n) is 4.12. The van der Waals surface area contributed by atoms with Crippen molar-refractivity contribution in [3.63, 3.8) is 0 Å². The lowest BCUT2D eigenvalue weighted by atomic mass is 9.93. The molecule has 0 saturated heterocycles. The van der Waals surface area contributed by atoms with E-state index in [-0.39, 0.29) is 6.61 Å². The molecule has 1 aromatic carbocycles. The maximum atomic E-state index is 10.9. The summed E-state index contributed by atoms with van der Waals surface area (Å²) >= 11 is 0. The largest absolute Gasteiger partial charge is 0.492 e. The summed E-state index contributed by atoms with van der Waals surface area (Å²) in [5.74, 6) is -0.309. The van der Waals surface area contributed by atoms with E-state index >= 15 is 0 Å². The quantitative estimate of drug-likeness (QED) is 0.763. The summed E-state index contributed by atoms with van der Waals surface area (Å²) < 4.78 is 5.50. The molecule has 1 aromatic rings. The summed E-state index contributed by atoms with van der Waals surface area (Å²) in [6.45, 7) is 4.29. The zero-order valence-electron chi connectivity index (χ0n) is 8.91. The molecule has 1 heterocycles. The smallest absolute Gasteiger partial charge is 0.310 e. The van der Waals surface area contributed by atoms with Crippen molar-refractivity contribution in [2.45, 2.75) is 20.3 Å². The SMILES string of the molecule is Cc1cc(C)c2c(c1)CC(C(=O)O)CO2. The van der Waals surface area contributed by atoms with Crippen LogP contribution in [0.2, 0.25) is 0 Å². The fourth-order valence-corrected chi connectivity index (χ4v) is 2.07. The lowest BCUT2D eigenvalue weighted by molar-refractivity contribution is -0.143. The molecule has 1 unspecified atom stereocenters. The normalized spacial score (nSPS) is 19.2. The molecule has 0 spiro atoms. The molecule has 1 aliphatic rings. The predicted molar refractivity (Wildman–Crippen MR) is 56.2 cm³/mol. The monoisotopic (exact) mass is 206 g/mol. The maximum absolute atomic E-state index is 10.9. The van der Waals surface area contributed by atoms with E-state index in [1.54, 1.807) is 0 Å². The van der Waals surface area contributed by atoms with Crippen LogP contribution >= 0.6 is 0 Å². The summed E-state index contributed by atoms with van der Waals surface area (Å²) in [5, 5.41) is 8.92. The number of carboxylic acid groups (broad SMARTS) is 1. The highest BCUT2D eigenvalue weighted by molar-refractivity contribution is 5.71. The van der Waals surface area contributed by atoms with E-state index in [2.05, 4.69) is 6.07 Å². The molecule has 0 radical (unpaired) electrons. The van der Waals surface area contributed by atoms with E-state index in [1.165, 1.54) is 0 Å². The van der Waals surface area contributed by atoms with Gasteiger partial charge in [0, 0.05) is 0 Å². The van der Waals surface area contributed by atoms with Crippen molar-refractivity contribution >= 4 is 5.97 Å². The molecule has 0 aliphatic carbocycles. The summed E-state index contributed by atoms with van der Waals surface area (Å²) in [6, 6.07) is 4.07. The Labute approximate surface area is 88.7 Å². The average Bonchev–Trinajstić information content (AvgIpc) is 2.16. The molecular formula is C12H14O3. The zero-order chi connectivity index (χ0) is 11.0. The van der Waals surface area contributed by atoms with Crippen LogP contribution in [0.1, 0.15) is 16.7 Å². The Bertz CT molecular complexity index is 410. The summed E-state index contributed by atoms with van der Waals surface area (Å²) in [5.41, 5.74) is 3.26.